The molecule has 5 atom stereocenters. The highest BCUT2D eigenvalue weighted by Crippen LogP contribution is 2.65. The molecule has 2 aromatic rings. The number of unbranched alkanes of at least 4 members (excludes halogenated alkanes) is 1. The van der Waals surface area contributed by atoms with E-state index in [1.807, 2.05) is 82.6 Å². The molecule has 0 aliphatic carbocycles. The van der Waals surface area contributed by atoms with Gasteiger partial charge in [0.1, 0.15) is 6.04 Å². The van der Waals surface area contributed by atoms with Gasteiger partial charge in [-0.25, -0.2) is 0 Å². The van der Waals surface area contributed by atoms with Crippen molar-refractivity contribution in [3.8, 4) is 0 Å². The minimum atomic E-state index is -0.853. The molecule has 0 saturated carbocycles. The van der Waals surface area contributed by atoms with Crippen molar-refractivity contribution < 1.29 is 19.5 Å². The van der Waals surface area contributed by atoms with E-state index in [0.717, 1.165) is 11.1 Å². The molecule has 8 heteroatoms. The van der Waals surface area contributed by atoms with Crippen LogP contribution in [0.1, 0.15) is 30.9 Å². The minimum Gasteiger partial charge on any atom is -0.396 e. The van der Waals surface area contributed by atoms with Crippen LogP contribution in [-0.2, 0) is 27.5 Å². The number of fused-ring (bicyclic) bond motifs is 2. The van der Waals surface area contributed by atoms with Crippen LogP contribution in [0.2, 0.25) is 0 Å². The Kier molecular flexibility index (Phi) is 7.55. The molecule has 7 nitrogen and oxygen atoms in total. The van der Waals surface area contributed by atoms with Gasteiger partial charge in [0, 0.05) is 44.1 Å². The standard InChI is InChI=1S/C33H37N3O4S/c1-32-16-10-18-34(22-24-12-4-2-5-13-24)29(38)26(32)27-30(39)36(20-8-9-21-37)28-31(40)35(19-11-17-33(27,28)41-32)23-25-14-6-3-7-15-25/h2-7,10-17,26-28,37H,8-9,18-23H2,1H3/t26-,27-,28?,32+,33-/m0/s1. The molecule has 4 aliphatic heterocycles. The zero-order valence-corrected chi connectivity index (χ0v) is 24.2. The van der Waals surface area contributed by atoms with E-state index >= 15 is 0 Å². The maximum absolute atomic E-state index is 14.4. The van der Waals surface area contributed by atoms with Crippen LogP contribution in [0.4, 0.5) is 0 Å². The third kappa shape index (κ3) is 4.81. The Balaban J connectivity index is 1.38. The van der Waals surface area contributed by atoms with Crippen LogP contribution in [0.3, 0.4) is 0 Å². The van der Waals surface area contributed by atoms with Crippen LogP contribution < -0.4 is 0 Å². The average molecular weight is 572 g/mol. The number of hydrogen-bond donors (Lipinski definition) is 1. The maximum Gasteiger partial charge on any atom is 0.247 e. The summed E-state index contributed by atoms with van der Waals surface area (Å²) in [5.74, 6) is -1.49. The molecule has 3 amide bonds. The molecule has 2 fully saturated rings. The highest BCUT2D eigenvalue weighted by Gasteiger charge is 2.73. The van der Waals surface area contributed by atoms with Gasteiger partial charge in [0.25, 0.3) is 0 Å². The van der Waals surface area contributed by atoms with Crippen molar-refractivity contribution in [1.82, 2.24) is 14.7 Å². The summed E-state index contributed by atoms with van der Waals surface area (Å²) in [6.45, 7) is 4.32. The number of likely N-dealkylation sites (tertiary alicyclic amines) is 1. The predicted octanol–water partition coefficient (Wildman–Crippen LogP) is 3.64. The Labute approximate surface area is 245 Å². The first-order valence-corrected chi connectivity index (χ1v) is 15.3. The quantitative estimate of drug-likeness (QED) is 0.387. The summed E-state index contributed by atoms with van der Waals surface area (Å²) in [6, 6.07) is 19.1. The van der Waals surface area contributed by atoms with Crippen molar-refractivity contribution in [3.05, 3.63) is 96.1 Å². The lowest BCUT2D eigenvalue weighted by molar-refractivity contribution is -0.145. The van der Waals surface area contributed by atoms with E-state index in [1.165, 1.54) is 0 Å². The van der Waals surface area contributed by atoms with Crippen molar-refractivity contribution in [2.24, 2.45) is 11.8 Å². The Morgan fingerprint density at radius 3 is 1.98 bits per heavy atom. The molecule has 4 heterocycles. The van der Waals surface area contributed by atoms with Crippen molar-refractivity contribution in [2.75, 3.05) is 26.2 Å². The van der Waals surface area contributed by atoms with Crippen molar-refractivity contribution >= 4 is 29.5 Å². The van der Waals surface area contributed by atoms with E-state index in [0.29, 0.717) is 45.6 Å². The predicted molar refractivity (Wildman–Crippen MR) is 160 cm³/mol. The topological polar surface area (TPSA) is 81.2 Å². The molecule has 1 unspecified atom stereocenters. The number of nitrogens with zero attached hydrogens (tertiary/aromatic N) is 3. The maximum atomic E-state index is 14.4. The van der Waals surface area contributed by atoms with Gasteiger partial charge in [0.15, 0.2) is 0 Å². The lowest BCUT2D eigenvalue weighted by atomic mass is 9.74. The zero-order valence-electron chi connectivity index (χ0n) is 23.4. The van der Waals surface area contributed by atoms with Crippen LogP contribution in [-0.4, -0.2) is 79.3 Å². The zero-order chi connectivity index (χ0) is 28.6. The summed E-state index contributed by atoms with van der Waals surface area (Å²) in [6.07, 6.45) is 9.39. The highest BCUT2D eigenvalue weighted by atomic mass is 32.2. The van der Waals surface area contributed by atoms with Gasteiger partial charge in [-0.15, -0.1) is 11.8 Å². The van der Waals surface area contributed by atoms with E-state index in [1.54, 1.807) is 16.7 Å². The van der Waals surface area contributed by atoms with Crippen LogP contribution >= 0.6 is 11.8 Å². The first-order chi connectivity index (χ1) is 19.9. The summed E-state index contributed by atoms with van der Waals surface area (Å²) in [4.78, 5) is 48.7. The lowest BCUT2D eigenvalue weighted by Crippen LogP contribution is -2.53. The molecular formula is C33H37N3O4S. The molecule has 1 N–H and O–H groups in total. The SMILES string of the molecule is C[C@@]12C=CCN(Cc3ccccc3)C(=O)[C@@H]1[C@H]1C(=O)N(CCCCO)C3C(=O)N(Cc4ccccc4)CC=C[C@@]31S2. The fraction of sp³-hybridized carbons (Fsp3) is 0.424. The van der Waals surface area contributed by atoms with E-state index in [-0.39, 0.29) is 24.3 Å². The van der Waals surface area contributed by atoms with Crippen LogP contribution in [0.15, 0.2) is 85.0 Å². The third-order valence-electron chi connectivity index (χ3n) is 8.96. The number of thioether (sulfide) groups is 1. The van der Waals surface area contributed by atoms with Gasteiger partial charge in [-0.3, -0.25) is 14.4 Å². The first kappa shape index (κ1) is 27.8. The van der Waals surface area contributed by atoms with Crippen LogP contribution in [0.5, 0.6) is 0 Å². The van der Waals surface area contributed by atoms with Gasteiger partial charge in [-0.2, -0.15) is 0 Å². The second-order valence-electron chi connectivity index (χ2n) is 11.7. The molecule has 214 valence electrons. The van der Waals surface area contributed by atoms with Gasteiger partial charge in [-0.1, -0.05) is 85.0 Å². The van der Waals surface area contributed by atoms with Crippen molar-refractivity contribution in [2.45, 2.75) is 48.4 Å². The Morgan fingerprint density at radius 2 is 1.37 bits per heavy atom. The molecule has 0 aromatic heterocycles. The summed E-state index contributed by atoms with van der Waals surface area (Å²) < 4.78 is -1.48. The number of hydrogen-bond acceptors (Lipinski definition) is 5. The van der Waals surface area contributed by atoms with Gasteiger partial charge >= 0.3 is 0 Å². The molecule has 2 aromatic carbocycles. The minimum absolute atomic E-state index is 0.0302. The molecule has 1 spiro atoms. The van der Waals surface area contributed by atoms with Crippen LogP contribution in [0.25, 0.3) is 0 Å². The number of carbonyl (C=O) groups excluding carboxylic acids is 3. The van der Waals surface area contributed by atoms with E-state index < -0.39 is 27.4 Å². The fourth-order valence-corrected chi connectivity index (χ4v) is 9.30. The Morgan fingerprint density at radius 1 is 0.780 bits per heavy atom. The average Bonchev–Trinajstić information content (AvgIpc) is 3.25. The Bertz CT molecular complexity index is 1370. The first-order valence-electron chi connectivity index (χ1n) is 14.5. The van der Waals surface area contributed by atoms with Crippen molar-refractivity contribution in [1.29, 1.82) is 0 Å². The smallest absolute Gasteiger partial charge is 0.247 e. The third-order valence-corrected chi connectivity index (χ3v) is 10.8. The van der Waals surface area contributed by atoms with E-state index in [9.17, 15) is 19.5 Å². The van der Waals surface area contributed by atoms with Gasteiger partial charge in [0.2, 0.25) is 17.7 Å². The van der Waals surface area contributed by atoms with Crippen molar-refractivity contribution in [3.63, 3.8) is 0 Å². The monoisotopic (exact) mass is 571 g/mol. The molecule has 41 heavy (non-hydrogen) atoms. The summed E-state index contributed by atoms with van der Waals surface area (Å²) in [7, 11) is 0. The molecule has 4 aliphatic rings. The van der Waals surface area contributed by atoms with Crippen LogP contribution in [0, 0.1) is 11.8 Å². The number of aliphatic hydroxyl groups excluding tert-OH is 1. The number of carbonyl (C=O) groups is 3. The normalized spacial score (nSPS) is 30.7. The van der Waals surface area contributed by atoms with Gasteiger partial charge in [0.05, 0.1) is 16.6 Å². The highest BCUT2D eigenvalue weighted by molar-refractivity contribution is 8.02. The molecule has 2 saturated heterocycles. The molecule has 0 bridgehead atoms. The second-order valence-corrected chi connectivity index (χ2v) is 13.5. The summed E-state index contributed by atoms with van der Waals surface area (Å²) >= 11 is 1.62. The molecule has 0 radical (unpaired) electrons. The number of aliphatic hydroxyl groups is 1. The summed E-state index contributed by atoms with van der Waals surface area (Å²) in [5.41, 5.74) is 2.07. The molecular weight excluding hydrogens is 534 g/mol. The molecule has 6 rings (SSSR count). The largest absolute Gasteiger partial charge is 0.396 e. The fourth-order valence-electron chi connectivity index (χ4n) is 7.14. The Hall–Kier alpha value is -3.36. The van der Waals surface area contributed by atoms with E-state index in [2.05, 4.69) is 19.1 Å². The number of rotatable bonds is 8. The number of benzene rings is 2. The summed E-state index contributed by atoms with van der Waals surface area (Å²) in [5, 5.41) is 9.45. The van der Waals surface area contributed by atoms with E-state index in [4.69, 9.17) is 0 Å². The van der Waals surface area contributed by atoms with Gasteiger partial charge in [-0.05, 0) is 30.9 Å². The lowest BCUT2D eigenvalue weighted by Gasteiger charge is -2.37. The second kappa shape index (κ2) is 11.1. The number of amides is 3. The van der Waals surface area contributed by atoms with Gasteiger partial charge < -0.3 is 19.8 Å².